The number of anilines is 1. The molecule has 0 radical (unpaired) electrons. The first-order valence-corrected chi connectivity index (χ1v) is 13.3. The maximum Gasteiger partial charge on any atom is 0.147 e. The van der Waals surface area contributed by atoms with Crippen molar-refractivity contribution in [2.75, 3.05) is 18.0 Å². The summed E-state index contributed by atoms with van der Waals surface area (Å²) in [6.07, 6.45) is 12.8. The summed E-state index contributed by atoms with van der Waals surface area (Å²) in [6, 6.07) is 14.4. The van der Waals surface area contributed by atoms with E-state index in [1.54, 1.807) is 11.8 Å². The number of nitrogens with one attached hydrogen (secondary N) is 1. The van der Waals surface area contributed by atoms with Gasteiger partial charge < -0.3 is 9.88 Å². The van der Waals surface area contributed by atoms with Crippen molar-refractivity contribution >= 4 is 40.2 Å². The van der Waals surface area contributed by atoms with Gasteiger partial charge in [-0.25, -0.2) is 15.0 Å². The summed E-state index contributed by atoms with van der Waals surface area (Å²) in [4.78, 5) is 20.9. The lowest BCUT2D eigenvalue weighted by atomic mass is 9.77. The molecule has 0 atom stereocenters. The second kappa shape index (κ2) is 9.23. The molecule has 3 heterocycles. The first kappa shape index (κ1) is 21.9. The lowest BCUT2D eigenvalue weighted by Crippen LogP contribution is -2.39. The molecule has 1 N–H and O–H groups in total. The Labute approximate surface area is 209 Å². The molecule has 0 bridgehead atoms. The molecule has 34 heavy (non-hydrogen) atoms. The van der Waals surface area contributed by atoms with Crippen LogP contribution < -0.4 is 4.90 Å². The van der Waals surface area contributed by atoms with Gasteiger partial charge in [-0.05, 0) is 48.8 Å². The maximum atomic E-state index is 6.77. The van der Waals surface area contributed by atoms with Crippen molar-refractivity contribution in [3.05, 3.63) is 71.3 Å². The minimum atomic E-state index is 0.614. The van der Waals surface area contributed by atoms with Gasteiger partial charge in [0.25, 0.3) is 0 Å². The Morgan fingerprint density at radius 1 is 0.941 bits per heavy atom. The summed E-state index contributed by atoms with van der Waals surface area (Å²) in [5.74, 6) is 1.90. The van der Waals surface area contributed by atoms with Crippen molar-refractivity contribution in [2.24, 2.45) is 5.41 Å². The number of piperidine rings is 1. The number of imidazole rings is 1. The number of benzene rings is 2. The first-order valence-electron chi connectivity index (χ1n) is 12.1. The van der Waals surface area contributed by atoms with Gasteiger partial charge in [0, 0.05) is 24.4 Å². The fraction of sp³-hybridized carbons (Fsp3) is 0.370. The highest BCUT2D eigenvalue weighted by molar-refractivity contribution is 7.99. The van der Waals surface area contributed by atoms with E-state index in [0.29, 0.717) is 10.4 Å². The van der Waals surface area contributed by atoms with Gasteiger partial charge in [-0.2, -0.15) is 0 Å². The van der Waals surface area contributed by atoms with Crippen molar-refractivity contribution in [3.63, 3.8) is 0 Å². The van der Waals surface area contributed by atoms with Crippen molar-refractivity contribution < 1.29 is 0 Å². The molecule has 1 spiro atoms. The van der Waals surface area contributed by atoms with Gasteiger partial charge in [0.05, 0.1) is 28.4 Å². The zero-order valence-electron chi connectivity index (χ0n) is 19.1. The first-order chi connectivity index (χ1) is 16.7. The van der Waals surface area contributed by atoms with Crippen LogP contribution in [0.5, 0.6) is 0 Å². The van der Waals surface area contributed by atoms with Crippen LogP contribution in [-0.4, -0.2) is 33.0 Å². The molecule has 2 aromatic heterocycles. The van der Waals surface area contributed by atoms with Crippen LogP contribution in [0.1, 0.15) is 49.9 Å². The SMILES string of the molecule is Clc1c(Sc2cnc(N3CCC4(CCCC4)CC3)cn2)ccc2nc(Cc3ccccc3)[nH]c12. The summed E-state index contributed by atoms with van der Waals surface area (Å²) >= 11 is 8.31. The highest BCUT2D eigenvalue weighted by Crippen LogP contribution is 2.46. The Kier molecular flexibility index (Phi) is 5.95. The summed E-state index contributed by atoms with van der Waals surface area (Å²) in [5.41, 5.74) is 3.58. The smallest absolute Gasteiger partial charge is 0.147 e. The number of hydrogen-bond acceptors (Lipinski definition) is 5. The molecule has 7 heteroatoms. The van der Waals surface area contributed by atoms with Crippen LogP contribution in [0, 0.1) is 5.41 Å². The second-order valence-electron chi connectivity index (χ2n) is 9.63. The van der Waals surface area contributed by atoms with E-state index in [0.717, 1.165) is 52.1 Å². The Morgan fingerprint density at radius 3 is 2.47 bits per heavy atom. The maximum absolute atomic E-state index is 6.77. The second-order valence-corrected chi connectivity index (χ2v) is 11.1. The molecule has 1 aliphatic carbocycles. The summed E-state index contributed by atoms with van der Waals surface area (Å²) in [7, 11) is 0. The van der Waals surface area contributed by atoms with Crippen LogP contribution in [0.4, 0.5) is 5.82 Å². The van der Waals surface area contributed by atoms with Crippen LogP contribution in [-0.2, 0) is 6.42 Å². The molecule has 6 rings (SSSR count). The third-order valence-electron chi connectivity index (χ3n) is 7.46. The van der Waals surface area contributed by atoms with Crippen molar-refractivity contribution in [3.8, 4) is 0 Å². The molecule has 2 fully saturated rings. The fourth-order valence-corrected chi connectivity index (χ4v) is 6.59. The Balaban J connectivity index is 1.15. The van der Waals surface area contributed by atoms with Crippen LogP contribution in [0.3, 0.4) is 0 Å². The predicted molar refractivity (Wildman–Crippen MR) is 139 cm³/mol. The molecular formula is C27H28ClN5S. The molecule has 0 unspecified atom stereocenters. The quantitative estimate of drug-likeness (QED) is 0.330. The largest absolute Gasteiger partial charge is 0.355 e. The molecule has 1 saturated carbocycles. The minimum Gasteiger partial charge on any atom is -0.355 e. The van der Waals surface area contributed by atoms with Gasteiger partial charge in [0.15, 0.2) is 0 Å². The number of rotatable bonds is 5. The molecule has 2 aromatic carbocycles. The van der Waals surface area contributed by atoms with E-state index in [4.69, 9.17) is 26.6 Å². The molecule has 174 valence electrons. The van der Waals surface area contributed by atoms with Crippen molar-refractivity contribution in [2.45, 2.75) is 54.9 Å². The highest BCUT2D eigenvalue weighted by atomic mass is 35.5. The predicted octanol–water partition coefficient (Wildman–Crippen LogP) is 6.91. The van der Waals surface area contributed by atoms with Crippen molar-refractivity contribution in [1.29, 1.82) is 0 Å². The van der Waals surface area contributed by atoms with E-state index in [1.807, 2.05) is 42.7 Å². The average Bonchev–Trinajstić information content (AvgIpc) is 3.50. The average molecular weight is 490 g/mol. The van der Waals surface area contributed by atoms with Crippen LogP contribution in [0.2, 0.25) is 5.02 Å². The fourth-order valence-electron chi connectivity index (χ4n) is 5.50. The topological polar surface area (TPSA) is 57.7 Å². The third kappa shape index (κ3) is 4.41. The Bertz CT molecular complexity index is 1270. The summed E-state index contributed by atoms with van der Waals surface area (Å²) in [5, 5.41) is 1.52. The molecule has 1 aliphatic heterocycles. The molecule has 4 aromatic rings. The minimum absolute atomic E-state index is 0.614. The molecule has 1 saturated heterocycles. The number of halogens is 1. The monoisotopic (exact) mass is 489 g/mol. The number of fused-ring (bicyclic) bond motifs is 1. The Morgan fingerprint density at radius 2 is 1.74 bits per heavy atom. The van der Waals surface area contributed by atoms with Gasteiger partial charge in [-0.1, -0.05) is 66.5 Å². The third-order valence-corrected chi connectivity index (χ3v) is 8.95. The lowest BCUT2D eigenvalue weighted by molar-refractivity contribution is 0.226. The standard InChI is InChI=1S/C27H28ClN5S/c28-25-21(9-8-20-26(25)32-22(31-20)16-19-6-2-1-3-7-19)34-24-18-29-23(17-30-24)33-14-12-27(13-15-33)10-4-5-11-27/h1-3,6-9,17-18H,4-5,10-16H2,(H,31,32). The van der Waals surface area contributed by atoms with E-state index in [-0.39, 0.29) is 0 Å². The summed E-state index contributed by atoms with van der Waals surface area (Å²) in [6.45, 7) is 2.18. The normalized spacial score (nSPS) is 17.6. The van der Waals surface area contributed by atoms with Crippen LogP contribution >= 0.6 is 23.4 Å². The van der Waals surface area contributed by atoms with E-state index >= 15 is 0 Å². The number of hydrogen-bond donors (Lipinski definition) is 1. The number of H-pyrrole nitrogens is 1. The zero-order chi connectivity index (χ0) is 23.0. The molecule has 2 aliphatic rings. The van der Waals surface area contributed by atoms with Crippen LogP contribution in [0.15, 0.2) is 64.8 Å². The molecule has 0 amide bonds. The van der Waals surface area contributed by atoms with Crippen molar-refractivity contribution in [1.82, 2.24) is 19.9 Å². The number of nitrogens with zero attached hydrogens (tertiary/aromatic N) is 4. The molecule has 5 nitrogen and oxygen atoms in total. The lowest BCUT2D eigenvalue weighted by Gasteiger charge is -2.39. The molecular weight excluding hydrogens is 462 g/mol. The number of aromatic amines is 1. The van der Waals surface area contributed by atoms with Gasteiger partial charge in [-0.15, -0.1) is 0 Å². The number of aromatic nitrogens is 4. The van der Waals surface area contributed by atoms with Gasteiger partial charge in [0.2, 0.25) is 0 Å². The van der Waals surface area contributed by atoms with Crippen LogP contribution in [0.25, 0.3) is 11.0 Å². The zero-order valence-corrected chi connectivity index (χ0v) is 20.7. The van der Waals surface area contributed by atoms with Gasteiger partial charge in [0.1, 0.15) is 16.7 Å². The Hall–Kier alpha value is -2.57. The van der Waals surface area contributed by atoms with Gasteiger partial charge in [-0.3, -0.25) is 0 Å². The van der Waals surface area contributed by atoms with E-state index in [9.17, 15) is 0 Å². The van der Waals surface area contributed by atoms with Gasteiger partial charge >= 0.3 is 0 Å². The van der Waals surface area contributed by atoms with E-state index in [1.165, 1.54) is 44.1 Å². The van der Waals surface area contributed by atoms with E-state index < -0.39 is 0 Å². The van der Waals surface area contributed by atoms with E-state index in [2.05, 4.69) is 22.0 Å². The highest BCUT2D eigenvalue weighted by Gasteiger charge is 2.37. The summed E-state index contributed by atoms with van der Waals surface area (Å²) < 4.78 is 0.